The van der Waals surface area contributed by atoms with E-state index in [1.54, 1.807) is 12.1 Å². The number of rotatable bonds is 9. The van der Waals surface area contributed by atoms with E-state index in [0.29, 0.717) is 12.4 Å². The summed E-state index contributed by atoms with van der Waals surface area (Å²) in [5, 5.41) is 2.82. The molecule has 26 heavy (non-hydrogen) atoms. The highest BCUT2D eigenvalue weighted by molar-refractivity contribution is 7.89. The van der Waals surface area contributed by atoms with Crippen LogP contribution in [-0.4, -0.2) is 27.5 Å². The second kappa shape index (κ2) is 9.35. The molecule has 6 nitrogen and oxygen atoms in total. The topological polar surface area (TPSA) is 84.5 Å². The van der Waals surface area contributed by atoms with E-state index in [1.165, 1.54) is 12.1 Å². The summed E-state index contributed by atoms with van der Waals surface area (Å²) in [4.78, 5) is 12.2. The zero-order valence-electron chi connectivity index (χ0n) is 15.0. The Morgan fingerprint density at radius 3 is 2.38 bits per heavy atom. The molecule has 2 N–H and O–H groups in total. The van der Waals surface area contributed by atoms with E-state index in [4.69, 9.17) is 4.74 Å². The van der Waals surface area contributed by atoms with Gasteiger partial charge in [0, 0.05) is 18.7 Å². The van der Waals surface area contributed by atoms with Crippen LogP contribution in [0.5, 0.6) is 5.75 Å². The first-order valence-corrected chi connectivity index (χ1v) is 10.0. The van der Waals surface area contributed by atoms with Crippen LogP contribution in [0, 0.1) is 0 Å². The molecule has 0 saturated carbocycles. The Labute approximate surface area is 154 Å². The van der Waals surface area contributed by atoms with Gasteiger partial charge in [-0.1, -0.05) is 25.1 Å². The van der Waals surface area contributed by atoms with Gasteiger partial charge in [-0.3, -0.25) is 4.79 Å². The molecule has 0 spiro atoms. The fourth-order valence-electron chi connectivity index (χ4n) is 2.43. The minimum atomic E-state index is -3.66. The number of nitrogens with one attached hydrogen (secondary N) is 2. The number of carbonyl (C=O) groups is 1. The summed E-state index contributed by atoms with van der Waals surface area (Å²) in [6.07, 6.45) is 0.856. The number of hydrogen-bond donors (Lipinski definition) is 2. The first-order chi connectivity index (χ1) is 12.5. The highest BCUT2D eigenvalue weighted by Crippen LogP contribution is 2.17. The molecule has 0 atom stereocenters. The predicted molar refractivity (Wildman–Crippen MR) is 102 cm³/mol. The van der Waals surface area contributed by atoms with E-state index in [0.717, 1.165) is 17.7 Å². The molecule has 2 aromatic carbocycles. The molecule has 0 aliphatic heterocycles. The maximum atomic E-state index is 12.3. The second-order valence-corrected chi connectivity index (χ2v) is 7.38. The number of benzene rings is 2. The van der Waals surface area contributed by atoms with Crippen LogP contribution in [-0.2, 0) is 21.2 Å². The van der Waals surface area contributed by atoms with Gasteiger partial charge in [0.15, 0.2) is 0 Å². The lowest BCUT2D eigenvalue weighted by Gasteiger charge is -2.10. The van der Waals surface area contributed by atoms with E-state index in [9.17, 15) is 13.2 Å². The van der Waals surface area contributed by atoms with Crippen LogP contribution in [0.1, 0.15) is 25.8 Å². The molecule has 0 heterocycles. The number of sulfonamides is 1. The second-order valence-electron chi connectivity index (χ2n) is 5.61. The van der Waals surface area contributed by atoms with Gasteiger partial charge in [0.05, 0.1) is 11.5 Å². The molecular weight excluding hydrogens is 352 g/mol. The van der Waals surface area contributed by atoms with Gasteiger partial charge in [0.25, 0.3) is 0 Å². The summed E-state index contributed by atoms with van der Waals surface area (Å²) >= 11 is 0. The zero-order valence-corrected chi connectivity index (χ0v) is 15.8. The molecule has 1 amide bonds. The number of amides is 1. The third kappa shape index (κ3) is 5.57. The van der Waals surface area contributed by atoms with E-state index in [1.807, 2.05) is 38.1 Å². The van der Waals surface area contributed by atoms with Crippen molar-refractivity contribution in [2.24, 2.45) is 0 Å². The molecule has 0 aliphatic carbocycles. The predicted octanol–water partition coefficient (Wildman–Crippen LogP) is 2.95. The van der Waals surface area contributed by atoms with Crippen molar-refractivity contribution in [3.63, 3.8) is 0 Å². The number of ether oxygens (including phenoxy) is 1. The number of anilines is 1. The lowest BCUT2D eigenvalue weighted by molar-refractivity contribution is -0.116. The van der Waals surface area contributed by atoms with Crippen LogP contribution in [0.3, 0.4) is 0 Å². The van der Waals surface area contributed by atoms with Crippen molar-refractivity contribution in [1.82, 2.24) is 4.72 Å². The van der Waals surface area contributed by atoms with E-state index >= 15 is 0 Å². The van der Waals surface area contributed by atoms with Gasteiger partial charge in [0.1, 0.15) is 5.75 Å². The number of para-hydroxylation sites is 1. The Balaban J connectivity index is 1.88. The lowest BCUT2D eigenvalue weighted by atomic mass is 10.1. The highest BCUT2D eigenvalue weighted by atomic mass is 32.2. The van der Waals surface area contributed by atoms with Crippen LogP contribution < -0.4 is 14.8 Å². The number of aryl methyl sites for hydroxylation is 1. The molecule has 2 rings (SSSR count). The highest BCUT2D eigenvalue weighted by Gasteiger charge is 2.14. The van der Waals surface area contributed by atoms with Gasteiger partial charge >= 0.3 is 0 Å². The minimum Gasteiger partial charge on any atom is -0.494 e. The van der Waals surface area contributed by atoms with Gasteiger partial charge < -0.3 is 10.1 Å². The maximum absolute atomic E-state index is 12.3. The average molecular weight is 376 g/mol. The SMILES string of the molecule is CCOc1ccc(S(=O)(=O)NCCC(=O)Nc2ccccc2CC)cc1. The molecule has 140 valence electrons. The first kappa shape index (κ1) is 19.9. The van der Waals surface area contributed by atoms with Gasteiger partial charge in [-0.25, -0.2) is 13.1 Å². The van der Waals surface area contributed by atoms with Crippen molar-refractivity contribution >= 4 is 21.6 Å². The summed E-state index contributed by atoms with van der Waals surface area (Å²) in [6, 6.07) is 13.7. The first-order valence-electron chi connectivity index (χ1n) is 8.56. The fourth-order valence-corrected chi connectivity index (χ4v) is 3.46. The molecule has 7 heteroatoms. The summed E-state index contributed by atoms with van der Waals surface area (Å²) in [7, 11) is -3.66. The van der Waals surface area contributed by atoms with Crippen molar-refractivity contribution in [3.8, 4) is 5.75 Å². The molecule has 0 fully saturated rings. The van der Waals surface area contributed by atoms with E-state index in [-0.39, 0.29) is 23.8 Å². The Morgan fingerprint density at radius 2 is 1.73 bits per heavy atom. The van der Waals surface area contributed by atoms with Gasteiger partial charge in [-0.15, -0.1) is 0 Å². The van der Waals surface area contributed by atoms with Gasteiger partial charge in [0.2, 0.25) is 15.9 Å². The number of carbonyl (C=O) groups excluding carboxylic acids is 1. The third-order valence-corrected chi connectivity index (χ3v) is 5.24. The van der Waals surface area contributed by atoms with Gasteiger partial charge in [-0.05, 0) is 49.2 Å². The molecule has 0 bridgehead atoms. The Morgan fingerprint density at radius 1 is 1.04 bits per heavy atom. The third-order valence-electron chi connectivity index (χ3n) is 3.76. The van der Waals surface area contributed by atoms with Crippen LogP contribution in [0.25, 0.3) is 0 Å². The van der Waals surface area contributed by atoms with Crippen molar-refractivity contribution < 1.29 is 17.9 Å². The van der Waals surface area contributed by atoms with Crippen molar-refractivity contribution in [2.75, 3.05) is 18.5 Å². The van der Waals surface area contributed by atoms with E-state index in [2.05, 4.69) is 10.0 Å². The Bertz CT molecular complexity index is 833. The quantitative estimate of drug-likeness (QED) is 0.705. The molecule has 2 aromatic rings. The summed E-state index contributed by atoms with van der Waals surface area (Å²) < 4.78 is 32.3. The molecule has 0 aliphatic rings. The monoisotopic (exact) mass is 376 g/mol. The Kier molecular flexibility index (Phi) is 7.17. The fraction of sp³-hybridized carbons (Fsp3) is 0.316. The molecule has 0 aromatic heterocycles. The number of hydrogen-bond acceptors (Lipinski definition) is 4. The molecule has 0 radical (unpaired) electrons. The Hall–Kier alpha value is -2.38. The van der Waals surface area contributed by atoms with Gasteiger partial charge in [-0.2, -0.15) is 0 Å². The zero-order chi connectivity index (χ0) is 19.0. The van der Waals surface area contributed by atoms with E-state index < -0.39 is 10.0 Å². The molecular formula is C19H24N2O4S. The van der Waals surface area contributed by atoms with Crippen LogP contribution in [0.4, 0.5) is 5.69 Å². The van der Waals surface area contributed by atoms with Crippen LogP contribution >= 0.6 is 0 Å². The van der Waals surface area contributed by atoms with Crippen LogP contribution in [0.2, 0.25) is 0 Å². The minimum absolute atomic E-state index is 0.0235. The summed E-state index contributed by atoms with van der Waals surface area (Å²) in [5.41, 5.74) is 1.80. The summed E-state index contributed by atoms with van der Waals surface area (Å²) in [6.45, 7) is 4.41. The average Bonchev–Trinajstić information content (AvgIpc) is 2.63. The molecule has 0 saturated heterocycles. The van der Waals surface area contributed by atoms with Crippen molar-refractivity contribution in [2.45, 2.75) is 31.6 Å². The van der Waals surface area contributed by atoms with Crippen molar-refractivity contribution in [1.29, 1.82) is 0 Å². The molecule has 0 unspecified atom stereocenters. The van der Waals surface area contributed by atoms with Crippen molar-refractivity contribution in [3.05, 3.63) is 54.1 Å². The lowest BCUT2D eigenvalue weighted by Crippen LogP contribution is -2.28. The normalized spacial score (nSPS) is 11.2. The largest absolute Gasteiger partial charge is 0.494 e. The summed E-state index contributed by atoms with van der Waals surface area (Å²) in [5.74, 6) is 0.376. The smallest absolute Gasteiger partial charge is 0.240 e. The standard InChI is InChI=1S/C19H24N2O4S/c1-3-15-7-5-6-8-18(15)21-19(22)13-14-20-26(23,24)17-11-9-16(10-12-17)25-4-2/h5-12,20H,3-4,13-14H2,1-2H3,(H,21,22). The maximum Gasteiger partial charge on any atom is 0.240 e. The van der Waals surface area contributed by atoms with Crippen LogP contribution in [0.15, 0.2) is 53.4 Å².